The van der Waals surface area contributed by atoms with E-state index in [0.29, 0.717) is 6.04 Å². The van der Waals surface area contributed by atoms with E-state index in [-0.39, 0.29) is 11.9 Å². The van der Waals surface area contributed by atoms with Gasteiger partial charge in [0.2, 0.25) is 0 Å². The Morgan fingerprint density at radius 2 is 2.22 bits per heavy atom. The van der Waals surface area contributed by atoms with E-state index in [1.54, 1.807) is 12.1 Å². The molecule has 0 spiro atoms. The van der Waals surface area contributed by atoms with Crippen LogP contribution in [0.2, 0.25) is 0 Å². The van der Waals surface area contributed by atoms with Crippen LogP contribution in [0.5, 0.6) is 0 Å². The molecule has 0 aromatic heterocycles. The third-order valence-corrected chi connectivity index (χ3v) is 3.84. The molecule has 1 aromatic rings. The summed E-state index contributed by atoms with van der Waals surface area (Å²) in [6.07, 6.45) is 2.27. The first-order valence-electron chi connectivity index (χ1n) is 6.95. The van der Waals surface area contributed by atoms with Crippen molar-refractivity contribution in [2.75, 3.05) is 19.6 Å². The normalized spacial score (nSPS) is 21.4. The van der Waals surface area contributed by atoms with E-state index in [2.05, 4.69) is 24.1 Å². The lowest BCUT2D eigenvalue weighted by molar-refractivity contribution is 0.151. The van der Waals surface area contributed by atoms with Crippen molar-refractivity contribution in [1.29, 1.82) is 0 Å². The van der Waals surface area contributed by atoms with Gasteiger partial charge in [-0.15, -0.1) is 0 Å². The highest BCUT2D eigenvalue weighted by Gasteiger charge is 2.27. The number of halogens is 1. The summed E-state index contributed by atoms with van der Waals surface area (Å²) < 4.78 is 13.9. The van der Waals surface area contributed by atoms with Crippen LogP contribution in [0.4, 0.5) is 4.39 Å². The molecule has 0 aliphatic carbocycles. The molecule has 100 valence electrons. The van der Waals surface area contributed by atoms with Gasteiger partial charge in [-0.1, -0.05) is 25.1 Å². The predicted molar refractivity (Wildman–Crippen MR) is 73.1 cm³/mol. The molecular weight excluding hydrogens is 227 g/mol. The number of rotatable bonds is 5. The second-order valence-electron chi connectivity index (χ2n) is 5.08. The maximum Gasteiger partial charge on any atom is 0.127 e. The van der Waals surface area contributed by atoms with Crippen LogP contribution in [0.25, 0.3) is 0 Å². The number of hydrogen-bond acceptors (Lipinski definition) is 2. The Bertz CT molecular complexity index is 375. The monoisotopic (exact) mass is 250 g/mol. The van der Waals surface area contributed by atoms with E-state index in [1.807, 2.05) is 12.1 Å². The zero-order valence-electron chi connectivity index (χ0n) is 11.3. The van der Waals surface area contributed by atoms with Crippen LogP contribution in [0, 0.1) is 5.82 Å². The predicted octanol–water partition coefficient (Wildman–Crippen LogP) is 2.96. The molecule has 0 amide bonds. The fourth-order valence-corrected chi connectivity index (χ4v) is 2.87. The van der Waals surface area contributed by atoms with Crippen LogP contribution in [0.3, 0.4) is 0 Å². The third kappa shape index (κ3) is 2.90. The van der Waals surface area contributed by atoms with Gasteiger partial charge >= 0.3 is 0 Å². The smallest absolute Gasteiger partial charge is 0.127 e. The summed E-state index contributed by atoms with van der Waals surface area (Å²) in [6, 6.07) is 7.84. The van der Waals surface area contributed by atoms with Crippen LogP contribution in [0.15, 0.2) is 24.3 Å². The Morgan fingerprint density at radius 1 is 1.44 bits per heavy atom. The lowest BCUT2D eigenvalue weighted by atomic mass is 10.0. The second kappa shape index (κ2) is 6.30. The molecular formula is C15H23FN2. The molecule has 2 rings (SSSR count). The van der Waals surface area contributed by atoms with Gasteiger partial charge in [0, 0.05) is 24.2 Å². The van der Waals surface area contributed by atoms with Crippen molar-refractivity contribution in [2.24, 2.45) is 0 Å². The van der Waals surface area contributed by atoms with E-state index in [9.17, 15) is 4.39 Å². The zero-order chi connectivity index (χ0) is 13.0. The lowest BCUT2D eigenvalue weighted by Gasteiger charge is -2.34. The van der Waals surface area contributed by atoms with E-state index in [0.717, 1.165) is 31.6 Å². The Kier molecular flexibility index (Phi) is 4.72. The highest BCUT2D eigenvalue weighted by Crippen LogP contribution is 2.26. The van der Waals surface area contributed by atoms with Crippen molar-refractivity contribution in [3.8, 4) is 0 Å². The van der Waals surface area contributed by atoms with E-state index in [1.165, 1.54) is 6.42 Å². The van der Waals surface area contributed by atoms with Crippen LogP contribution in [-0.2, 0) is 0 Å². The molecule has 0 bridgehead atoms. The van der Waals surface area contributed by atoms with Crippen LogP contribution < -0.4 is 5.32 Å². The fraction of sp³-hybridized carbons (Fsp3) is 0.600. The molecule has 1 aliphatic rings. The number of benzene rings is 1. The molecule has 1 saturated heterocycles. The molecule has 2 atom stereocenters. The number of hydrogen-bond donors (Lipinski definition) is 1. The molecule has 1 fully saturated rings. The van der Waals surface area contributed by atoms with E-state index >= 15 is 0 Å². The topological polar surface area (TPSA) is 15.3 Å². The van der Waals surface area contributed by atoms with Gasteiger partial charge in [-0.05, 0) is 38.9 Å². The molecule has 2 unspecified atom stereocenters. The number of nitrogens with one attached hydrogen (secondary N) is 1. The summed E-state index contributed by atoms with van der Waals surface area (Å²) in [5.74, 6) is -0.0861. The first kappa shape index (κ1) is 13.5. The van der Waals surface area contributed by atoms with Gasteiger partial charge in [-0.25, -0.2) is 4.39 Å². The van der Waals surface area contributed by atoms with Gasteiger partial charge < -0.3 is 5.32 Å². The van der Waals surface area contributed by atoms with Gasteiger partial charge in [-0.3, -0.25) is 4.90 Å². The van der Waals surface area contributed by atoms with Gasteiger partial charge in [0.15, 0.2) is 0 Å². The van der Waals surface area contributed by atoms with Gasteiger partial charge in [0.1, 0.15) is 5.82 Å². The minimum atomic E-state index is -0.0861. The van der Waals surface area contributed by atoms with Crippen molar-refractivity contribution in [2.45, 2.75) is 38.8 Å². The summed E-state index contributed by atoms with van der Waals surface area (Å²) in [5, 5.41) is 3.40. The maximum atomic E-state index is 13.9. The molecule has 0 radical (unpaired) electrons. The summed E-state index contributed by atoms with van der Waals surface area (Å²) in [5.41, 5.74) is 0.817. The molecule has 2 nitrogen and oxygen atoms in total. The first-order valence-corrected chi connectivity index (χ1v) is 6.95. The highest BCUT2D eigenvalue weighted by molar-refractivity contribution is 5.21. The average Bonchev–Trinajstić information content (AvgIpc) is 2.89. The highest BCUT2D eigenvalue weighted by atomic mass is 19.1. The van der Waals surface area contributed by atoms with Gasteiger partial charge in [0.25, 0.3) is 0 Å². The quantitative estimate of drug-likeness (QED) is 0.864. The van der Waals surface area contributed by atoms with Crippen molar-refractivity contribution in [1.82, 2.24) is 10.2 Å². The third-order valence-electron chi connectivity index (χ3n) is 3.84. The molecule has 0 saturated carbocycles. The zero-order valence-corrected chi connectivity index (χ0v) is 11.3. The van der Waals surface area contributed by atoms with Gasteiger partial charge in [-0.2, -0.15) is 0 Å². The summed E-state index contributed by atoms with van der Waals surface area (Å²) >= 11 is 0. The summed E-state index contributed by atoms with van der Waals surface area (Å²) in [7, 11) is 0. The minimum absolute atomic E-state index is 0.0861. The van der Waals surface area contributed by atoms with Crippen molar-refractivity contribution in [3.05, 3.63) is 35.6 Å². The average molecular weight is 250 g/mol. The SMILES string of the molecule is CCCN(C1CCNC1)C(C)c1ccccc1F. The first-order chi connectivity index (χ1) is 8.74. The molecule has 18 heavy (non-hydrogen) atoms. The number of nitrogens with zero attached hydrogens (tertiary/aromatic N) is 1. The minimum Gasteiger partial charge on any atom is -0.315 e. The van der Waals surface area contributed by atoms with Crippen LogP contribution in [-0.4, -0.2) is 30.6 Å². The molecule has 3 heteroatoms. The standard InChI is InChI=1S/C15H23FN2/c1-3-10-18(13-8-9-17-11-13)12(2)14-6-4-5-7-15(14)16/h4-7,12-13,17H,3,8-11H2,1-2H3. The molecule has 1 heterocycles. The fourth-order valence-electron chi connectivity index (χ4n) is 2.87. The Morgan fingerprint density at radius 3 is 2.83 bits per heavy atom. The van der Waals surface area contributed by atoms with Crippen molar-refractivity contribution in [3.63, 3.8) is 0 Å². The molecule has 1 aromatic carbocycles. The molecule has 1 N–H and O–H groups in total. The largest absolute Gasteiger partial charge is 0.315 e. The Labute approximate surface area is 109 Å². The van der Waals surface area contributed by atoms with E-state index < -0.39 is 0 Å². The van der Waals surface area contributed by atoms with E-state index in [4.69, 9.17) is 0 Å². The van der Waals surface area contributed by atoms with Crippen LogP contribution in [0.1, 0.15) is 38.3 Å². The maximum absolute atomic E-state index is 13.9. The van der Waals surface area contributed by atoms with Gasteiger partial charge in [0.05, 0.1) is 0 Å². The van der Waals surface area contributed by atoms with Crippen molar-refractivity contribution >= 4 is 0 Å². The summed E-state index contributed by atoms with van der Waals surface area (Å²) in [4.78, 5) is 2.44. The van der Waals surface area contributed by atoms with Crippen LogP contribution >= 0.6 is 0 Å². The van der Waals surface area contributed by atoms with Crippen molar-refractivity contribution < 1.29 is 4.39 Å². The second-order valence-corrected chi connectivity index (χ2v) is 5.08. The Hall–Kier alpha value is -0.930. The summed E-state index contributed by atoms with van der Waals surface area (Å²) in [6.45, 7) is 7.44. The Balaban J connectivity index is 2.17. The molecule has 1 aliphatic heterocycles. The lowest BCUT2D eigenvalue weighted by Crippen LogP contribution is -2.39.